The van der Waals surface area contributed by atoms with Crippen LogP contribution in [-0.2, 0) is 4.79 Å². The molecule has 0 N–H and O–H groups in total. The number of ether oxygens (including phenoxy) is 1. The first-order chi connectivity index (χ1) is 14.5. The fourth-order valence-electron chi connectivity index (χ4n) is 3.33. The monoisotopic (exact) mass is 460 g/mol. The first-order valence-electron chi connectivity index (χ1n) is 9.75. The van der Waals surface area contributed by atoms with Gasteiger partial charge in [-0.05, 0) is 61.9 Å². The Morgan fingerprint density at radius 1 is 1.03 bits per heavy atom. The number of amidine groups is 1. The zero-order valence-corrected chi connectivity index (χ0v) is 18.4. The maximum atomic E-state index is 13.4. The summed E-state index contributed by atoms with van der Waals surface area (Å²) in [4.78, 5) is 19.8. The Balaban J connectivity index is 1.77. The molecule has 0 fully saturated rings. The van der Waals surface area contributed by atoms with Crippen LogP contribution in [0.4, 0.5) is 5.69 Å². The molecule has 150 valence electrons. The molecule has 0 aromatic heterocycles. The molecule has 3 aromatic rings. The number of rotatable bonds is 5. The van der Waals surface area contributed by atoms with Crippen LogP contribution in [0.3, 0.4) is 0 Å². The van der Waals surface area contributed by atoms with Crippen molar-refractivity contribution in [3.05, 3.63) is 99.7 Å². The molecule has 0 saturated carbocycles. The van der Waals surface area contributed by atoms with Crippen molar-refractivity contribution in [3.8, 4) is 5.75 Å². The number of nitrogens with zero attached hydrogens (tertiary/aromatic N) is 2. The number of amides is 1. The lowest BCUT2D eigenvalue weighted by Crippen LogP contribution is -2.32. The highest BCUT2D eigenvalue weighted by atomic mass is 79.9. The van der Waals surface area contributed by atoms with Gasteiger partial charge in [-0.3, -0.25) is 9.69 Å². The van der Waals surface area contributed by atoms with Crippen LogP contribution in [0.5, 0.6) is 5.75 Å². The molecule has 4 rings (SSSR count). The third-order valence-electron chi connectivity index (χ3n) is 4.70. The predicted molar refractivity (Wildman–Crippen MR) is 125 cm³/mol. The minimum atomic E-state index is -0.154. The number of carbonyl (C=O) groups excluding carboxylic acids is 1. The van der Waals surface area contributed by atoms with Crippen molar-refractivity contribution in [2.45, 2.75) is 13.8 Å². The van der Waals surface area contributed by atoms with Crippen LogP contribution >= 0.6 is 15.9 Å². The molecular weight excluding hydrogens is 440 g/mol. The third kappa shape index (κ3) is 4.21. The van der Waals surface area contributed by atoms with E-state index in [1.807, 2.05) is 92.7 Å². The van der Waals surface area contributed by atoms with Crippen LogP contribution in [0, 0.1) is 6.92 Å². The summed E-state index contributed by atoms with van der Waals surface area (Å²) in [6, 6.07) is 23.3. The van der Waals surface area contributed by atoms with Crippen LogP contribution in [0.2, 0.25) is 0 Å². The summed E-state index contributed by atoms with van der Waals surface area (Å²) in [5, 5.41) is 0. The van der Waals surface area contributed by atoms with Gasteiger partial charge < -0.3 is 4.74 Å². The average molecular weight is 461 g/mol. The molecule has 0 atom stereocenters. The Labute approximate surface area is 184 Å². The van der Waals surface area contributed by atoms with Gasteiger partial charge in [0, 0.05) is 10.0 Å². The Hall–Kier alpha value is -3.18. The molecule has 1 aliphatic heterocycles. The van der Waals surface area contributed by atoms with E-state index in [4.69, 9.17) is 9.73 Å². The number of halogens is 1. The molecule has 0 bridgehead atoms. The van der Waals surface area contributed by atoms with Crippen LogP contribution in [0.1, 0.15) is 23.6 Å². The number of aliphatic imine (C=N–C) groups is 1. The van der Waals surface area contributed by atoms with Crippen molar-refractivity contribution < 1.29 is 9.53 Å². The summed E-state index contributed by atoms with van der Waals surface area (Å²) in [5.41, 5.74) is 4.07. The molecular formula is C25H21BrN2O2. The van der Waals surface area contributed by atoms with Crippen molar-refractivity contribution in [2.24, 2.45) is 4.99 Å². The molecule has 0 spiro atoms. The first-order valence-corrected chi connectivity index (χ1v) is 10.5. The quantitative estimate of drug-likeness (QED) is 0.438. The molecule has 1 heterocycles. The normalized spacial score (nSPS) is 14.9. The Morgan fingerprint density at radius 2 is 1.80 bits per heavy atom. The zero-order chi connectivity index (χ0) is 21.1. The van der Waals surface area contributed by atoms with Crippen molar-refractivity contribution >= 4 is 39.4 Å². The second kappa shape index (κ2) is 8.67. The molecule has 0 saturated heterocycles. The van der Waals surface area contributed by atoms with Gasteiger partial charge in [0.25, 0.3) is 5.91 Å². The number of hydrogen-bond acceptors (Lipinski definition) is 3. The molecule has 1 aliphatic rings. The first kappa shape index (κ1) is 20.1. The van der Waals surface area contributed by atoms with Crippen LogP contribution in [0.15, 0.2) is 88.0 Å². The van der Waals surface area contributed by atoms with Gasteiger partial charge in [-0.2, -0.15) is 0 Å². The van der Waals surface area contributed by atoms with E-state index in [0.717, 1.165) is 32.6 Å². The van der Waals surface area contributed by atoms with Crippen LogP contribution in [-0.4, -0.2) is 18.3 Å². The topological polar surface area (TPSA) is 41.9 Å². The van der Waals surface area contributed by atoms with E-state index in [1.165, 1.54) is 0 Å². The summed E-state index contributed by atoms with van der Waals surface area (Å²) >= 11 is 3.50. The van der Waals surface area contributed by atoms with E-state index in [9.17, 15) is 4.79 Å². The standard InChI is InChI=1S/C25H21BrN2O2/c1-3-30-22-12-10-18(11-13-22)15-23-25(29)28(21-9-5-8-20(26)16-21)24(27-23)19-7-4-6-17(2)14-19/h4-16H,3H2,1-2H3/b23-15+. The zero-order valence-electron chi connectivity index (χ0n) is 16.8. The maximum absolute atomic E-state index is 13.4. The molecule has 4 nitrogen and oxygen atoms in total. The second-order valence-corrected chi connectivity index (χ2v) is 7.87. The van der Waals surface area contributed by atoms with Gasteiger partial charge in [0.2, 0.25) is 0 Å². The summed E-state index contributed by atoms with van der Waals surface area (Å²) in [6.07, 6.45) is 1.81. The minimum absolute atomic E-state index is 0.154. The Bertz CT molecular complexity index is 1150. The van der Waals surface area contributed by atoms with Gasteiger partial charge in [0.15, 0.2) is 0 Å². The van der Waals surface area contributed by atoms with Gasteiger partial charge in [0.05, 0.1) is 12.3 Å². The van der Waals surface area contributed by atoms with Crippen molar-refractivity contribution in [3.63, 3.8) is 0 Å². The third-order valence-corrected chi connectivity index (χ3v) is 5.19. The lowest BCUT2D eigenvalue weighted by atomic mass is 10.1. The molecule has 30 heavy (non-hydrogen) atoms. The molecule has 3 aromatic carbocycles. The number of benzene rings is 3. The van der Waals surface area contributed by atoms with Crippen molar-refractivity contribution in [2.75, 3.05) is 11.5 Å². The lowest BCUT2D eigenvalue weighted by molar-refractivity contribution is -0.113. The van der Waals surface area contributed by atoms with E-state index >= 15 is 0 Å². The largest absolute Gasteiger partial charge is 0.494 e. The average Bonchev–Trinajstić information content (AvgIpc) is 3.06. The molecule has 1 amide bonds. The van der Waals surface area contributed by atoms with Gasteiger partial charge in [-0.15, -0.1) is 0 Å². The number of anilines is 1. The van der Waals surface area contributed by atoms with E-state index in [-0.39, 0.29) is 5.91 Å². The maximum Gasteiger partial charge on any atom is 0.282 e. The number of hydrogen-bond donors (Lipinski definition) is 0. The van der Waals surface area contributed by atoms with Gasteiger partial charge >= 0.3 is 0 Å². The van der Waals surface area contributed by atoms with Gasteiger partial charge in [-0.25, -0.2) is 4.99 Å². The predicted octanol–water partition coefficient (Wildman–Crippen LogP) is 5.99. The van der Waals surface area contributed by atoms with Crippen molar-refractivity contribution in [1.82, 2.24) is 0 Å². The Kier molecular flexibility index (Phi) is 5.81. The minimum Gasteiger partial charge on any atom is -0.494 e. The fraction of sp³-hybridized carbons (Fsp3) is 0.120. The number of carbonyl (C=O) groups is 1. The van der Waals surface area contributed by atoms with Gasteiger partial charge in [-0.1, -0.05) is 57.9 Å². The summed E-state index contributed by atoms with van der Waals surface area (Å²) in [6.45, 7) is 4.59. The summed E-state index contributed by atoms with van der Waals surface area (Å²) in [7, 11) is 0. The highest BCUT2D eigenvalue weighted by Gasteiger charge is 2.32. The molecule has 0 aliphatic carbocycles. The van der Waals surface area contributed by atoms with Crippen LogP contribution < -0.4 is 9.64 Å². The van der Waals surface area contributed by atoms with E-state index < -0.39 is 0 Å². The Morgan fingerprint density at radius 3 is 2.50 bits per heavy atom. The summed E-state index contributed by atoms with van der Waals surface area (Å²) in [5.74, 6) is 1.27. The summed E-state index contributed by atoms with van der Waals surface area (Å²) < 4.78 is 6.40. The van der Waals surface area contributed by atoms with Crippen molar-refractivity contribution in [1.29, 1.82) is 0 Å². The van der Waals surface area contributed by atoms with E-state index in [2.05, 4.69) is 15.9 Å². The van der Waals surface area contributed by atoms with Crippen LogP contribution in [0.25, 0.3) is 6.08 Å². The van der Waals surface area contributed by atoms with E-state index in [1.54, 1.807) is 4.90 Å². The molecule has 0 radical (unpaired) electrons. The smallest absolute Gasteiger partial charge is 0.282 e. The second-order valence-electron chi connectivity index (χ2n) is 6.96. The highest BCUT2D eigenvalue weighted by Crippen LogP contribution is 2.30. The molecule has 0 unspecified atom stereocenters. The van der Waals surface area contributed by atoms with Gasteiger partial charge in [0.1, 0.15) is 17.3 Å². The SMILES string of the molecule is CCOc1ccc(/C=C2/N=C(c3cccc(C)c3)N(c3cccc(Br)c3)C2=O)cc1. The highest BCUT2D eigenvalue weighted by molar-refractivity contribution is 9.10. The molecule has 5 heteroatoms. The number of aryl methyl sites for hydroxylation is 1. The lowest BCUT2D eigenvalue weighted by Gasteiger charge is -2.19. The fourth-order valence-corrected chi connectivity index (χ4v) is 3.72. The van der Waals surface area contributed by atoms with E-state index in [0.29, 0.717) is 18.1 Å².